The monoisotopic (exact) mass is 274 g/mol. The number of halogens is 2. The molecule has 2 rings (SSSR count). The van der Waals surface area contributed by atoms with Crippen molar-refractivity contribution in [3.8, 4) is 11.8 Å². The first-order valence-corrected chi connectivity index (χ1v) is 6.03. The molecule has 5 heteroatoms. The molecule has 0 atom stereocenters. The number of benzene rings is 2. The van der Waals surface area contributed by atoms with Gasteiger partial charge in [0.05, 0.1) is 11.3 Å². The van der Waals surface area contributed by atoms with Crippen LogP contribution in [0.25, 0.3) is 0 Å². The molecule has 1 N–H and O–H groups in total. The fraction of sp³-hybridized carbons (Fsp3) is 0.133. The van der Waals surface area contributed by atoms with E-state index in [1.807, 2.05) is 0 Å². The number of nitriles is 1. The van der Waals surface area contributed by atoms with Crippen LogP contribution in [0.3, 0.4) is 0 Å². The number of aromatic hydroxyl groups is 1. The number of phenols is 1. The van der Waals surface area contributed by atoms with Crippen molar-refractivity contribution in [3.63, 3.8) is 0 Å². The van der Waals surface area contributed by atoms with Gasteiger partial charge in [0, 0.05) is 18.3 Å². The second kappa shape index (κ2) is 5.57. The molecule has 0 spiro atoms. The van der Waals surface area contributed by atoms with Gasteiger partial charge in [-0.15, -0.1) is 0 Å². The van der Waals surface area contributed by atoms with Crippen LogP contribution in [0, 0.1) is 23.0 Å². The van der Waals surface area contributed by atoms with E-state index in [4.69, 9.17) is 5.26 Å². The van der Waals surface area contributed by atoms with Crippen molar-refractivity contribution in [2.45, 2.75) is 6.92 Å². The molecular formula is C15H12F2N2O. The van der Waals surface area contributed by atoms with Gasteiger partial charge < -0.3 is 10.0 Å². The number of hydrogen-bond acceptors (Lipinski definition) is 3. The summed E-state index contributed by atoms with van der Waals surface area (Å²) in [6.45, 7) is 2.16. The summed E-state index contributed by atoms with van der Waals surface area (Å²) < 4.78 is 27.7. The van der Waals surface area contributed by atoms with Crippen molar-refractivity contribution in [3.05, 3.63) is 53.6 Å². The highest BCUT2D eigenvalue weighted by atomic mass is 19.2. The molecule has 2 aromatic carbocycles. The quantitative estimate of drug-likeness (QED) is 0.928. The van der Waals surface area contributed by atoms with Crippen LogP contribution in [0.4, 0.5) is 20.2 Å². The SMILES string of the molecule is CCN(c1cccc(O)c1)c1ccc(C#N)c(F)c1F. The number of hydrogen-bond donors (Lipinski definition) is 1. The van der Waals surface area contributed by atoms with Crippen LogP contribution < -0.4 is 4.90 Å². The lowest BCUT2D eigenvalue weighted by Gasteiger charge is -2.24. The first kappa shape index (κ1) is 13.8. The standard InChI is InChI=1S/C15H12F2N2O/c1-2-19(11-4-3-5-12(20)8-11)13-7-6-10(9-18)14(16)15(13)17/h3-8,20H,2H2,1H3. The van der Waals surface area contributed by atoms with Crippen LogP contribution in [0.2, 0.25) is 0 Å². The fourth-order valence-corrected chi connectivity index (χ4v) is 1.99. The number of nitrogens with zero attached hydrogens (tertiary/aromatic N) is 2. The Balaban J connectivity index is 2.54. The van der Waals surface area contributed by atoms with Gasteiger partial charge in [0.2, 0.25) is 0 Å². The normalized spacial score (nSPS) is 10.1. The van der Waals surface area contributed by atoms with E-state index < -0.39 is 11.6 Å². The zero-order chi connectivity index (χ0) is 14.7. The Kier molecular flexibility index (Phi) is 3.85. The van der Waals surface area contributed by atoms with Gasteiger partial charge in [-0.1, -0.05) is 6.07 Å². The van der Waals surface area contributed by atoms with E-state index in [2.05, 4.69) is 0 Å². The van der Waals surface area contributed by atoms with Crippen molar-refractivity contribution >= 4 is 11.4 Å². The third kappa shape index (κ3) is 2.41. The van der Waals surface area contributed by atoms with Crippen molar-refractivity contribution < 1.29 is 13.9 Å². The van der Waals surface area contributed by atoms with Gasteiger partial charge in [0.25, 0.3) is 0 Å². The Labute approximate surface area is 115 Å². The zero-order valence-corrected chi connectivity index (χ0v) is 10.8. The summed E-state index contributed by atoms with van der Waals surface area (Å²) >= 11 is 0. The van der Waals surface area contributed by atoms with Crippen molar-refractivity contribution in [1.29, 1.82) is 5.26 Å². The van der Waals surface area contributed by atoms with Crippen molar-refractivity contribution in [2.75, 3.05) is 11.4 Å². The molecule has 0 bridgehead atoms. The van der Waals surface area contributed by atoms with Crippen LogP contribution in [-0.2, 0) is 0 Å². The average Bonchev–Trinajstić information content (AvgIpc) is 2.44. The van der Waals surface area contributed by atoms with Crippen LogP contribution in [0.1, 0.15) is 12.5 Å². The highest BCUT2D eigenvalue weighted by molar-refractivity contribution is 5.65. The lowest BCUT2D eigenvalue weighted by molar-refractivity contribution is 0.475. The summed E-state index contributed by atoms with van der Waals surface area (Å²) in [5.74, 6) is -2.20. The Hall–Kier alpha value is -2.61. The van der Waals surface area contributed by atoms with Crippen LogP contribution >= 0.6 is 0 Å². The summed E-state index contributed by atoms with van der Waals surface area (Å²) in [4.78, 5) is 1.51. The Morgan fingerprint density at radius 1 is 1.20 bits per heavy atom. The molecule has 0 heterocycles. The highest BCUT2D eigenvalue weighted by Crippen LogP contribution is 2.31. The summed E-state index contributed by atoms with van der Waals surface area (Å²) in [7, 11) is 0. The largest absolute Gasteiger partial charge is 0.508 e. The third-order valence-corrected chi connectivity index (χ3v) is 2.93. The number of anilines is 2. The maximum Gasteiger partial charge on any atom is 0.183 e. The maximum atomic E-state index is 14.0. The second-order valence-electron chi connectivity index (χ2n) is 4.14. The molecule has 0 saturated heterocycles. The Morgan fingerprint density at radius 2 is 1.95 bits per heavy atom. The van der Waals surface area contributed by atoms with Gasteiger partial charge >= 0.3 is 0 Å². The minimum Gasteiger partial charge on any atom is -0.508 e. The molecule has 0 aliphatic rings. The van der Waals surface area contributed by atoms with Gasteiger partial charge in [-0.05, 0) is 31.2 Å². The van der Waals surface area contributed by atoms with E-state index in [-0.39, 0.29) is 17.0 Å². The van der Waals surface area contributed by atoms with Gasteiger partial charge in [-0.3, -0.25) is 0 Å². The lowest BCUT2D eigenvalue weighted by atomic mass is 10.1. The van der Waals surface area contributed by atoms with Gasteiger partial charge in [-0.25, -0.2) is 8.78 Å². The van der Waals surface area contributed by atoms with Gasteiger partial charge in [0.15, 0.2) is 11.6 Å². The van der Waals surface area contributed by atoms with Crippen molar-refractivity contribution in [2.24, 2.45) is 0 Å². The Morgan fingerprint density at radius 3 is 2.55 bits per heavy atom. The first-order chi connectivity index (χ1) is 9.58. The minimum atomic E-state index is -1.16. The summed E-state index contributed by atoms with van der Waals surface area (Å²) in [6.07, 6.45) is 0. The van der Waals surface area contributed by atoms with E-state index in [1.54, 1.807) is 25.1 Å². The molecule has 0 radical (unpaired) electrons. The first-order valence-electron chi connectivity index (χ1n) is 6.03. The van der Waals surface area contributed by atoms with Crippen LogP contribution in [-0.4, -0.2) is 11.7 Å². The van der Waals surface area contributed by atoms with Crippen molar-refractivity contribution in [1.82, 2.24) is 0 Å². The Bertz CT molecular complexity index is 680. The molecule has 0 aliphatic carbocycles. The molecule has 0 saturated carbocycles. The van der Waals surface area contributed by atoms with Crippen LogP contribution in [0.5, 0.6) is 5.75 Å². The molecule has 20 heavy (non-hydrogen) atoms. The van der Waals surface area contributed by atoms with E-state index in [1.165, 1.54) is 29.2 Å². The minimum absolute atomic E-state index is 0.0228. The summed E-state index contributed by atoms with van der Waals surface area (Å²) in [5, 5.41) is 18.2. The highest BCUT2D eigenvalue weighted by Gasteiger charge is 2.18. The molecule has 0 aromatic heterocycles. The maximum absolute atomic E-state index is 14.0. The zero-order valence-electron chi connectivity index (χ0n) is 10.8. The molecule has 102 valence electrons. The fourth-order valence-electron chi connectivity index (χ4n) is 1.99. The van der Waals surface area contributed by atoms with E-state index in [0.717, 1.165) is 0 Å². The molecule has 0 fully saturated rings. The molecule has 3 nitrogen and oxygen atoms in total. The predicted octanol–water partition coefficient (Wildman–Crippen LogP) is 3.70. The molecule has 0 aliphatic heterocycles. The third-order valence-electron chi connectivity index (χ3n) is 2.93. The number of rotatable bonds is 3. The molecule has 2 aromatic rings. The van der Waals surface area contributed by atoms with Gasteiger partial charge in [0.1, 0.15) is 11.8 Å². The van der Waals surface area contributed by atoms with Crippen LogP contribution in [0.15, 0.2) is 36.4 Å². The predicted molar refractivity (Wildman–Crippen MR) is 71.9 cm³/mol. The summed E-state index contributed by atoms with van der Waals surface area (Å²) in [5.41, 5.74) is 0.225. The average molecular weight is 274 g/mol. The van der Waals surface area contributed by atoms with E-state index in [9.17, 15) is 13.9 Å². The lowest BCUT2D eigenvalue weighted by Crippen LogP contribution is -2.18. The summed E-state index contributed by atoms with van der Waals surface area (Å²) in [6, 6.07) is 10.4. The second-order valence-corrected chi connectivity index (χ2v) is 4.14. The van der Waals surface area contributed by atoms with E-state index >= 15 is 0 Å². The van der Waals surface area contributed by atoms with E-state index in [0.29, 0.717) is 12.2 Å². The molecule has 0 amide bonds. The molecular weight excluding hydrogens is 262 g/mol. The molecule has 0 unspecified atom stereocenters. The smallest absolute Gasteiger partial charge is 0.183 e. The topological polar surface area (TPSA) is 47.3 Å². The number of phenolic OH excluding ortho intramolecular Hbond substituents is 1. The van der Waals surface area contributed by atoms with Gasteiger partial charge in [-0.2, -0.15) is 5.26 Å².